The van der Waals surface area contributed by atoms with E-state index in [9.17, 15) is 14.4 Å². The fourth-order valence-corrected chi connectivity index (χ4v) is 3.07. The largest absolute Gasteiger partial charge is 0.467 e. The highest BCUT2D eigenvalue weighted by Crippen LogP contribution is 2.15. The quantitative estimate of drug-likeness (QED) is 0.647. The van der Waals surface area contributed by atoms with Gasteiger partial charge in [-0.05, 0) is 31.3 Å². The molecule has 1 saturated heterocycles. The van der Waals surface area contributed by atoms with E-state index in [1.807, 2.05) is 6.92 Å². The van der Waals surface area contributed by atoms with Gasteiger partial charge < -0.3 is 20.3 Å². The first-order valence-electron chi connectivity index (χ1n) is 8.48. The van der Waals surface area contributed by atoms with Crippen LogP contribution in [0.15, 0.2) is 11.4 Å². The monoisotopic (exact) mass is 368 g/mol. The van der Waals surface area contributed by atoms with Gasteiger partial charge in [0.1, 0.15) is 5.92 Å². The highest BCUT2D eigenvalue weighted by molar-refractivity contribution is 7.03. The highest BCUT2D eigenvalue weighted by atomic mass is 32.1. The Morgan fingerprint density at radius 1 is 1.48 bits per heavy atom. The van der Waals surface area contributed by atoms with Crippen molar-refractivity contribution >= 4 is 29.3 Å². The molecule has 1 aliphatic heterocycles. The van der Waals surface area contributed by atoms with E-state index in [0.29, 0.717) is 38.5 Å². The first kappa shape index (κ1) is 19.2. The molecule has 1 aliphatic rings. The number of nitrogens with one attached hydrogen (secondary N) is 2. The van der Waals surface area contributed by atoms with E-state index in [0.717, 1.165) is 12.8 Å². The van der Waals surface area contributed by atoms with Crippen molar-refractivity contribution in [1.82, 2.24) is 19.9 Å². The summed E-state index contributed by atoms with van der Waals surface area (Å²) < 4.78 is 9.16. The van der Waals surface area contributed by atoms with Crippen LogP contribution in [-0.2, 0) is 14.4 Å². The molecule has 138 valence electrons. The Labute approximate surface area is 151 Å². The van der Waals surface area contributed by atoms with Gasteiger partial charge in [0.25, 0.3) is 5.91 Å². The van der Waals surface area contributed by atoms with Gasteiger partial charge in [-0.15, -0.1) is 0 Å². The SMILES string of the molecule is CCN(CCNC(=O)COc1ccsn1)C(=O)C1CCCCNC1=O. The molecule has 2 rings (SSSR count). The number of aromatic nitrogens is 1. The van der Waals surface area contributed by atoms with Crippen LogP contribution in [0.1, 0.15) is 26.2 Å². The maximum atomic E-state index is 12.6. The molecule has 2 heterocycles. The Morgan fingerprint density at radius 3 is 3.04 bits per heavy atom. The summed E-state index contributed by atoms with van der Waals surface area (Å²) in [5.74, 6) is -0.837. The van der Waals surface area contributed by atoms with Gasteiger partial charge in [0.15, 0.2) is 6.61 Å². The first-order valence-corrected chi connectivity index (χ1v) is 9.32. The second-order valence-electron chi connectivity index (χ2n) is 5.73. The Balaban J connectivity index is 1.74. The van der Waals surface area contributed by atoms with Crippen molar-refractivity contribution in [3.05, 3.63) is 11.4 Å². The summed E-state index contributed by atoms with van der Waals surface area (Å²) in [5.41, 5.74) is 0. The minimum Gasteiger partial charge on any atom is -0.467 e. The fourth-order valence-electron chi connectivity index (χ4n) is 2.62. The van der Waals surface area contributed by atoms with Crippen molar-refractivity contribution < 1.29 is 19.1 Å². The second kappa shape index (κ2) is 9.97. The number of nitrogens with zero attached hydrogens (tertiary/aromatic N) is 2. The van der Waals surface area contributed by atoms with Gasteiger partial charge in [-0.1, -0.05) is 6.42 Å². The number of likely N-dealkylation sites (N-methyl/N-ethyl adjacent to an activating group) is 1. The molecule has 1 atom stereocenters. The fraction of sp³-hybridized carbons (Fsp3) is 0.625. The van der Waals surface area contributed by atoms with Crippen LogP contribution in [0.25, 0.3) is 0 Å². The molecule has 9 heteroatoms. The molecule has 0 bridgehead atoms. The van der Waals surface area contributed by atoms with Crippen LogP contribution in [0.4, 0.5) is 0 Å². The second-order valence-corrected chi connectivity index (χ2v) is 6.40. The summed E-state index contributed by atoms with van der Waals surface area (Å²) in [4.78, 5) is 37.9. The van der Waals surface area contributed by atoms with Crippen LogP contribution in [0.3, 0.4) is 0 Å². The summed E-state index contributed by atoms with van der Waals surface area (Å²) in [6, 6.07) is 1.69. The smallest absolute Gasteiger partial charge is 0.258 e. The minimum atomic E-state index is -0.619. The lowest BCUT2D eigenvalue weighted by molar-refractivity contribution is -0.142. The molecule has 1 aromatic heterocycles. The summed E-state index contributed by atoms with van der Waals surface area (Å²) in [5, 5.41) is 7.26. The van der Waals surface area contributed by atoms with E-state index in [-0.39, 0.29) is 24.3 Å². The van der Waals surface area contributed by atoms with Gasteiger partial charge in [0.2, 0.25) is 17.7 Å². The lowest BCUT2D eigenvalue weighted by atomic mass is 10.0. The number of hydrogen-bond acceptors (Lipinski definition) is 6. The van der Waals surface area contributed by atoms with Crippen LogP contribution < -0.4 is 15.4 Å². The summed E-state index contributed by atoms with van der Waals surface area (Å²) in [6.45, 7) is 3.54. The Bertz CT molecular complexity index is 579. The average Bonchev–Trinajstić information content (AvgIpc) is 3.04. The van der Waals surface area contributed by atoms with E-state index in [4.69, 9.17) is 4.74 Å². The zero-order valence-electron chi connectivity index (χ0n) is 14.3. The zero-order valence-corrected chi connectivity index (χ0v) is 15.1. The first-order chi connectivity index (χ1) is 12.1. The van der Waals surface area contributed by atoms with Crippen LogP contribution in [0.5, 0.6) is 5.88 Å². The molecule has 1 unspecified atom stereocenters. The molecular formula is C16H24N4O4S. The molecule has 1 fully saturated rings. The maximum absolute atomic E-state index is 12.6. The number of hydrogen-bond donors (Lipinski definition) is 2. The molecule has 0 radical (unpaired) electrons. The highest BCUT2D eigenvalue weighted by Gasteiger charge is 2.30. The van der Waals surface area contributed by atoms with Gasteiger partial charge >= 0.3 is 0 Å². The summed E-state index contributed by atoms with van der Waals surface area (Å²) in [6.07, 6.45) is 2.34. The molecule has 3 amide bonds. The number of carbonyl (C=O) groups is 3. The number of ether oxygens (including phenoxy) is 1. The Kier molecular flexibility index (Phi) is 7.65. The van der Waals surface area contributed by atoms with E-state index in [1.165, 1.54) is 11.5 Å². The lowest BCUT2D eigenvalue weighted by Gasteiger charge is -2.25. The van der Waals surface area contributed by atoms with Gasteiger partial charge in [0, 0.05) is 37.6 Å². The van der Waals surface area contributed by atoms with E-state index < -0.39 is 5.92 Å². The number of rotatable bonds is 8. The van der Waals surface area contributed by atoms with Crippen LogP contribution >= 0.6 is 11.5 Å². The predicted octanol–water partition coefficient (Wildman–Crippen LogP) is 0.403. The van der Waals surface area contributed by atoms with E-state index >= 15 is 0 Å². The van der Waals surface area contributed by atoms with Gasteiger partial charge in [0.05, 0.1) is 0 Å². The molecule has 1 aromatic rings. The van der Waals surface area contributed by atoms with Crippen molar-refractivity contribution in [3.63, 3.8) is 0 Å². The van der Waals surface area contributed by atoms with Crippen LogP contribution in [0.2, 0.25) is 0 Å². The molecule has 0 spiro atoms. The Morgan fingerprint density at radius 2 is 2.32 bits per heavy atom. The van der Waals surface area contributed by atoms with E-state index in [1.54, 1.807) is 16.3 Å². The molecule has 8 nitrogen and oxygen atoms in total. The van der Waals surface area contributed by atoms with Crippen molar-refractivity contribution in [1.29, 1.82) is 0 Å². The third-order valence-corrected chi connectivity index (χ3v) is 4.54. The van der Waals surface area contributed by atoms with E-state index in [2.05, 4.69) is 15.0 Å². The minimum absolute atomic E-state index is 0.116. The zero-order chi connectivity index (χ0) is 18.1. The predicted molar refractivity (Wildman–Crippen MR) is 93.2 cm³/mol. The molecule has 2 N–H and O–H groups in total. The normalized spacial score (nSPS) is 17.3. The van der Waals surface area contributed by atoms with Gasteiger partial charge in [-0.2, -0.15) is 4.37 Å². The molecular weight excluding hydrogens is 344 g/mol. The van der Waals surface area contributed by atoms with Gasteiger partial charge in [-0.25, -0.2) is 0 Å². The lowest BCUT2D eigenvalue weighted by Crippen LogP contribution is -2.45. The topological polar surface area (TPSA) is 101 Å². The third-order valence-electron chi connectivity index (χ3n) is 4.00. The molecule has 0 aliphatic carbocycles. The van der Waals surface area contributed by atoms with Crippen LogP contribution in [-0.4, -0.2) is 59.8 Å². The van der Waals surface area contributed by atoms with Crippen molar-refractivity contribution in [3.8, 4) is 5.88 Å². The summed E-state index contributed by atoms with van der Waals surface area (Å²) in [7, 11) is 0. The van der Waals surface area contributed by atoms with Crippen molar-refractivity contribution in [2.24, 2.45) is 5.92 Å². The molecule has 0 saturated carbocycles. The van der Waals surface area contributed by atoms with Crippen LogP contribution in [0, 0.1) is 5.92 Å². The maximum Gasteiger partial charge on any atom is 0.258 e. The molecule has 0 aromatic carbocycles. The average molecular weight is 368 g/mol. The standard InChI is InChI=1S/C16H24N4O4S/c1-2-20(16(23)12-5-3-4-7-18-15(12)22)9-8-17-13(21)11-24-14-6-10-25-19-14/h6,10,12H,2-5,7-9,11H2,1H3,(H,17,21)(H,18,22). The number of carbonyl (C=O) groups excluding carboxylic acids is 3. The van der Waals surface area contributed by atoms with Gasteiger partial charge in [-0.3, -0.25) is 14.4 Å². The third kappa shape index (κ3) is 6.00. The van der Waals surface area contributed by atoms with Crippen molar-refractivity contribution in [2.45, 2.75) is 26.2 Å². The molecule has 25 heavy (non-hydrogen) atoms. The summed E-state index contributed by atoms with van der Waals surface area (Å²) >= 11 is 1.25. The Hall–Kier alpha value is -2.16. The van der Waals surface area contributed by atoms with Crippen molar-refractivity contribution in [2.75, 3.05) is 32.8 Å². The number of amides is 3.